The molecule has 0 fully saturated rings. The third-order valence-corrected chi connectivity index (χ3v) is 4.82. The minimum Gasteiger partial charge on any atom is -0.347 e. The number of thiophene rings is 1. The number of hydrogen-bond acceptors (Lipinski definition) is 3. The zero-order valence-corrected chi connectivity index (χ0v) is 13.0. The highest BCUT2D eigenvalue weighted by Crippen LogP contribution is 2.20. The van der Waals surface area contributed by atoms with E-state index in [-0.39, 0.29) is 5.91 Å². The number of amides is 1. The Morgan fingerprint density at radius 3 is 2.68 bits per heavy atom. The molecular weight excluding hydrogens is 274 g/mol. The second-order valence-corrected chi connectivity index (χ2v) is 6.27. The van der Waals surface area contributed by atoms with Crippen molar-refractivity contribution in [2.45, 2.75) is 25.3 Å². The fraction of sp³-hybridized carbons (Fsp3) is 0.267. The molecule has 4 heteroatoms. The second-order valence-electron chi connectivity index (χ2n) is 4.39. The first-order chi connectivity index (χ1) is 9.11. The van der Waals surface area contributed by atoms with E-state index >= 15 is 0 Å². The van der Waals surface area contributed by atoms with Gasteiger partial charge in [0.05, 0.1) is 6.54 Å². The summed E-state index contributed by atoms with van der Waals surface area (Å²) in [6.45, 7) is 4.64. The van der Waals surface area contributed by atoms with Gasteiger partial charge in [0.15, 0.2) is 0 Å². The van der Waals surface area contributed by atoms with Crippen LogP contribution in [-0.4, -0.2) is 12.2 Å². The predicted octanol–water partition coefficient (Wildman–Crippen LogP) is 4.02. The summed E-state index contributed by atoms with van der Waals surface area (Å²) in [6, 6.07) is 8.07. The van der Waals surface area contributed by atoms with Crippen LogP contribution in [0.15, 0.2) is 34.5 Å². The van der Waals surface area contributed by atoms with Gasteiger partial charge < -0.3 is 5.32 Å². The molecule has 0 unspecified atom stereocenters. The number of benzene rings is 1. The highest BCUT2D eigenvalue weighted by atomic mass is 32.2. The highest BCUT2D eigenvalue weighted by Gasteiger charge is 2.10. The molecule has 0 saturated carbocycles. The SMILES string of the molecule is CSc1ccc(C)c(C(=O)NCc2sccc2C)c1. The van der Waals surface area contributed by atoms with Gasteiger partial charge in [-0.3, -0.25) is 4.79 Å². The first-order valence-corrected chi connectivity index (χ1v) is 8.18. The summed E-state index contributed by atoms with van der Waals surface area (Å²) in [4.78, 5) is 14.6. The Hall–Kier alpha value is -1.26. The molecule has 1 aromatic carbocycles. The predicted molar refractivity (Wildman–Crippen MR) is 83.2 cm³/mol. The van der Waals surface area contributed by atoms with E-state index in [0.717, 1.165) is 16.0 Å². The van der Waals surface area contributed by atoms with Crippen LogP contribution in [0, 0.1) is 13.8 Å². The topological polar surface area (TPSA) is 29.1 Å². The first-order valence-electron chi connectivity index (χ1n) is 6.07. The maximum absolute atomic E-state index is 12.2. The summed E-state index contributed by atoms with van der Waals surface area (Å²) in [6.07, 6.45) is 2.02. The van der Waals surface area contributed by atoms with Crippen molar-refractivity contribution in [1.29, 1.82) is 0 Å². The molecule has 0 aliphatic carbocycles. The summed E-state index contributed by atoms with van der Waals surface area (Å²) in [5.41, 5.74) is 3.01. The average Bonchev–Trinajstić information content (AvgIpc) is 2.82. The Labute approximate surface area is 122 Å². The first kappa shape index (κ1) is 14.2. The molecule has 0 aliphatic rings. The molecule has 2 rings (SSSR count). The Morgan fingerprint density at radius 2 is 2.05 bits per heavy atom. The molecule has 0 bridgehead atoms. The van der Waals surface area contributed by atoms with Crippen LogP contribution in [0.1, 0.15) is 26.4 Å². The lowest BCUT2D eigenvalue weighted by Crippen LogP contribution is -2.23. The van der Waals surface area contributed by atoms with Crippen LogP contribution in [0.25, 0.3) is 0 Å². The third-order valence-electron chi connectivity index (χ3n) is 3.07. The van der Waals surface area contributed by atoms with E-state index in [1.807, 2.05) is 31.4 Å². The van der Waals surface area contributed by atoms with Crippen LogP contribution in [0.3, 0.4) is 0 Å². The van der Waals surface area contributed by atoms with Crippen molar-refractivity contribution < 1.29 is 4.79 Å². The number of carbonyl (C=O) groups excluding carboxylic acids is 1. The number of hydrogen-bond donors (Lipinski definition) is 1. The molecular formula is C15H17NOS2. The van der Waals surface area contributed by atoms with Gasteiger partial charge in [0.25, 0.3) is 5.91 Å². The van der Waals surface area contributed by atoms with Crippen LogP contribution >= 0.6 is 23.1 Å². The van der Waals surface area contributed by atoms with Crippen molar-refractivity contribution in [1.82, 2.24) is 5.32 Å². The molecule has 100 valence electrons. The maximum Gasteiger partial charge on any atom is 0.251 e. The van der Waals surface area contributed by atoms with E-state index in [9.17, 15) is 4.79 Å². The van der Waals surface area contributed by atoms with Crippen LogP contribution in [0.5, 0.6) is 0 Å². The molecule has 0 radical (unpaired) electrons. The summed E-state index contributed by atoms with van der Waals surface area (Å²) in [5, 5.41) is 5.05. The number of thioether (sulfide) groups is 1. The minimum absolute atomic E-state index is 0.00111. The third kappa shape index (κ3) is 3.39. The van der Waals surface area contributed by atoms with E-state index in [4.69, 9.17) is 0 Å². The quantitative estimate of drug-likeness (QED) is 0.862. The monoisotopic (exact) mass is 291 g/mol. The lowest BCUT2D eigenvalue weighted by molar-refractivity contribution is 0.0950. The summed E-state index contributed by atoms with van der Waals surface area (Å²) >= 11 is 3.33. The Kier molecular flexibility index (Phi) is 4.66. The molecule has 1 heterocycles. The van der Waals surface area contributed by atoms with Gasteiger partial charge in [-0.1, -0.05) is 6.07 Å². The number of aryl methyl sites for hydroxylation is 2. The number of nitrogens with one attached hydrogen (secondary N) is 1. The van der Waals surface area contributed by atoms with Crippen molar-refractivity contribution in [2.75, 3.05) is 6.26 Å². The van der Waals surface area contributed by atoms with Gasteiger partial charge in [-0.2, -0.15) is 0 Å². The van der Waals surface area contributed by atoms with E-state index in [2.05, 4.69) is 23.7 Å². The van der Waals surface area contributed by atoms with Crippen LogP contribution in [0.2, 0.25) is 0 Å². The lowest BCUT2D eigenvalue weighted by Gasteiger charge is -2.09. The van der Waals surface area contributed by atoms with Crippen molar-refractivity contribution in [3.8, 4) is 0 Å². The molecule has 0 spiro atoms. The van der Waals surface area contributed by atoms with Crippen LogP contribution in [0.4, 0.5) is 0 Å². The van der Waals surface area contributed by atoms with Crippen LogP contribution < -0.4 is 5.32 Å². The molecule has 0 saturated heterocycles. The van der Waals surface area contributed by atoms with Gasteiger partial charge in [-0.05, 0) is 54.8 Å². The molecule has 2 nitrogen and oxygen atoms in total. The Morgan fingerprint density at radius 1 is 1.26 bits per heavy atom. The van der Waals surface area contributed by atoms with E-state index in [1.54, 1.807) is 23.1 Å². The van der Waals surface area contributed by atoms with Gasteiger partial charge in [-0.25, -0.2) is 0 Å². The molecule has 2 aromatic rings. The van der Waals surface area contributed by atoms with E-state index in [1.165, 1.54) is 10.4 Å². The zero-order valence-electron chi connectivity index (χ0n) is 11.3. The van der Waals surface area contributed by atoms with E-state index < -0.39 is 0 Å². The van der Waals surface area contributed by atoms with Crippen molar-refractivity contribution in [2.24, 2.45) is 0 Å². The van der Waals surface area contributed by atoms with Crippen molar-refractivity contribution in [3.05, 3.63) is 51.2 Å². The molecule has 19 heavy (non-hydrogen) atoms. The summed E-state index contributed by atoms with van der Waals surface area (Å²) in [5.74, 6) is 0.00111. The van der Waals surface area contributed by atoms with E-state index in [0.29, 0.717) is 6.54 Å². The molecule has 0 aliphatic heterocycles. The maximum atomic E-state index is 12.2. The largest absolute Gasteiger partial charge is 0.347 e. The van der Waals surface area contributed by atoms with Gasteiger partial charge in [0.2, 0.25) is 0 Å². The number of rotatable bonds is 4. The zero-order chi connectivity index (χ0) is 13.8. The summed E-state index contributed by atoms with van der Waals surface area (Å²) < 4.78 is 0. The molecule has 1 N–H and O–H groups in total. The highest BCUT2D eigenvalue weighted by molar-refractivity contribution is 7.98. The molecule has 1 amide bonds. The Balaban J connectivity index is 2.10. The summed E-state index contributed by atoms with van der Waals surface area (Å²) in [7, 11) is 0. The fourth-order valence-electron chi connectivity index (χ4n) is 1.81. The minimum atomic E-state index is 0.00111. The van der Waals surface area contributed by atoms with Gasteiger partial charge >= 0.3 is 0 Å². The van der Waals surface area contributed by atoms with Gasteiger partial charge in [0, 0.05) is 15.3 Å². The van der Waals surface area contributed by atoms with Crippen molar-refractivity contribution >= 4 is 29.0 Å². The van der Waals surface area contributed by atoms with Crippen LogP contribution in [-0.2, 0) is 6.54 Å². The average molecular weight is 291 g/mol. The molecule has 0 atom stereocenters. The standard InChI is InChI=1S/C15H17NOS2/c1-10-4-5-12(18-3)8-13(10)15(17)16-9-14-11(2)6-7-19-14/h4-8H,9H2,1-3H3,(H,16,17). The Bertz CT molecular complexity index is 590. The fourth-order valence-corrected chi connectivity index (χ4v) is 3.10. The number of carbonyl (C=O) groups is 1. The lowest BCUT2D eigenvalue weighted by atomic mass is 10.1. The van der Waals surface area contributed by atoms with Crippen molar-refractivity contribution in [3.63, 3.8) is 0 Å². The normalized spacial score (nSPS) is 10.5. The molecule has 1 aromatic heterocycles. The van der Waals surface area contributed by atoms with Gasteiger partial charge in [0.1, 0.15) is 0 Å². The smallest absolute Gasteiger partial charge is 0.251 e. The second kappa shape index (κ2) is 6.26. The van der Waals surface area contributed by atoms with Gasteiger partial charge in [-0.15, -0.1) is 23.1 Å².